The number of aryl methyl sites for hydroxylation is 1. The van der Waals surface area contributed by atoms with Crippen LogP contribution in [0.4, 0.5) is 16.2 Å². The second kappa shape index (κ2) is 6.86. The van der Waals surface area contributed by atoms with Gasteiger partial charge in [-0.1, -0.05) is 25.1 Å². The van der Waals surface area contributed by atoms with Gasteiger partial charge < -0.3 is 15.1 Å². The normalized spacial score (nSPS) is 17.2. The van der Waals surface area contributed by atoms with E-state index in [1.54, 1.807) is 12.3 Å². The van der Waals surface area contributed by atoms with E-state index in [0.717, 1.165) is 18.5 Å². The number of nitrogens with zero attached hydrogens (tertiary/aromatic N) is 4. The van der Waals surface area contributed by atoms with E-state index in [1.807, 2.05) is 24.0 Å². The highest BCUT2D eigenvalue weighted by Gasteiger charge is 2.28. The molecule has 126 valence electrons. The van der Waals surface area contributed by atoms with E-state index in [4.69, 9.17) is 0 Å². The minimum absolute atomic E-state index is 0.0944. The maximum absolute atomic E-state index is 12.9. The van der Waals surface area contributed by atoms with Gasteiger partial charge in [-0.2, -0.15) is 10.2 Å². The second-order valence-electron chi connectivity index (χ2n) is 6.16. The lowest BCUT2D eigenvalue weighted by atomic mass is 10.1. The Morgan fingerprint density at radius 1 is 1.33 bits per heavy atom. The summed E-state index contributed by atoms with van der Waals surface area (Å²) in [4.78, 5) is 17.1. The van der Waals surface area contributed by atoms with Crippen LogP contribution in [0.15, 0.2) is 36.5 Å². The fourth-order valence-electron chi connectivity index (χ4n) is 3.15. The van der Waals surface area contributed by atoms with Crippen LogP contribution in [0.5, 0.6) is 0 Å². The van der Waals surface area contributed by atoms with Gasteiger partial charge in [-0.05, 0) is 31.0 Å². The Morgan fingerprint density at radius 3 is 2.88 bits per heavy atom. The summed E-state index contributed by atoms with van der Waals surface area (Å²) in [7, 11) is 2.08. The second-order valence-corrected chi connectivity index (χ2v) is 6.16. The Hall–Kier alpha value is -2.63. The van der Waals surface area contributed by atoms with Crippen LogP contribution in [-0.2, 0) is 6.54 Å². The number of hydrogen-bond acceptors (Lipinski definition) is 4. The third-order valence-corrected chi connectivity index (χ3v) is 4.55. The Bertz CT molecular complexity index is 733. The van der Waals surface area contributed by atoms with E-state index in [2.05, 4.69) is 46.5 Å². The Labute approximate surface area is 142 Å². The molecule has 1 atom stereocenters. The first-order valence-corrected chi connectivity index (χ1v) is 8.25. The van der Waals surface area contributed by atoms with E-state index < -0.39 is 0 Å². The van der Waals surface area contributed by atoms with Crippen molar-refractivity contribution >= 4 is 17.4 Å². The Kier molecular flexibility index (Phi) is 4.64. The average molecular weight is 325 g/mol. The van der Waals surface area contributed by atoms with Crippen LogP contribution in [0.25, 0.3) is 0 Å². The molecule has 2 aromatic rings. The first kappa shape index (κ1) is 16.2. The van der Waals surface area contributed by atoms with Crippen molar-refractivity contribution in [2.75, 3.05) is 23.8 Å². The van der Waals surface area contributed by atoms with Gasteiger partial charge in [0.2, 0.25) is 0 Å². The van der Waals surface area contributed by atoms with Crippen molar-refractivity contribution in [2.24, 2.45) is 0 Å². The predicted molar refractivity (Wildman–Crippen MR) is 95.1 cm³/mol. The Balaban J connectivity index is 1.87. The molecule has 0 radical (unpaired) electrons. The molecule has 6 nitrogen and oxygen atoms in total. The number of carbonyl (C=O) groups is 1. The number of hydrogen-bond donors (Lipinski definition) is 1. The maximum Gasteiger partial charge on any atom is 0.322 e. The molecule has 1 aliphatic rings. The molecule has 0 saturated carbocycles. The lowest BCUT2D eigenvalue weighted by Crippen LogP contribution is -2.45. The molecule has 0 bridgehead atoms. The monoisotopic (exact) mass is 325 g/mol. The van der Waals surface area contributed by atoms with Crippen LogP contribution < -0.4 is 10.2 Å². The van der Waals surface area contributed by atoms with Crippen molar-refractivity contribution in [3.05, 3.63) is 47.8 Å². The zero-order chi connectivity index (χ0) is 17.1. The highest BCUT2D eigenvalue weighted by Crippen LogP contribution is 2.27. The number of benzene rings is 1. The van der Waals surface area contributed by atoms with Crippen LogP contribution in [0.2, 0.25) is 0 Å². The number of likely N-dealkylation sites (N-methyl/N-ethyl adjacent to an activating group) is 1. The summed E-state index contributed by atoms with van der Waals surface area (Å²) in [6, 6.07) is 10.1. The van der Waals surface area contributed by atoms with E-state index in [9.17, 15) is 4.79 Å². The maximum atomic E-state index is 12.9. The molecule has 1 aromatic carbocycles. The summed E-state index contributed by atoms with van der Waals surface area (Å²) in [5.74, 6) is 0. The molecular formula is C18H23N5O. The van der Waals surface area contributed by atoms with Crippen LogP contribution in [0, 0.1) is 6.92 Å². The third kappa shape index (κ3) is 3.18. The SMILES string of the molecule is CCC1CN(C)c2ccccc2CN1C(=O)Nc1ccnnc1C. The van der Waals surface area contributed by atoms with Crippen molar-refractivity contribution < 1.29 is 4.79 Å². The number of amides is 2. The van der Waals surface area contributed by atoms with Gasteiger partial charge in [0.15, 0.2) is 0 Å². The zero-order valence-electron chi connectivity index (χ0n) is 14.4. The van der Waals surface area contributed by atoms with Gasteiger partial charge >= 0.3 is 6.03 Å². The molecule has 2 amide bonds. The van der Waals surface area contributed by atoms with Gasteiger partial charge in [0.25, 0.3) is 0 Å². The Morgan fingerprint density at radius 2 is 2.12 bits per heavy atom. The molecule has 6 heteroatoms. The number of urea groups is 1. The minimum Gasteiger partial charge on any atom is -0.372 e. The fraction of sp³-hybridized carbons (Fsp3) is 0.389. The fourth-order valence-corrected chi connectivity index (χ4v) is 3.15. The molecule has 1 N–H and O–H groups in total. The predicted octanol–water partition coefficient (Wildman–Crippen LogP) is 3.05. The number of para-hydroxylation sites is 1. The standard InChI is InChI=1S/C18H23N5O/c1-4-15-12-22(3)17-8-6-5-7-14(17)11-23(15)18(24)20-16-9-10-19-21-13(16)2/h5-10,15H,4,11-12H2,1-3H3,(H,19,20,24). The van der Waals surface area contributed by atoms with Crippen molar-refractivity contribution in [1.29, 1.82) is 0 Å². The van der Waals surface area contributed by atoms with Gasteiger partial charge in [-0.15, -0.1) is 0 Å². The van der Waals surface area contributed by atoms with Gasteiger partial charge in [0, 0.05) is 25.8 Å². The molecule has 2 heterocycles. The van der Waals surface area contributed by atoms with E-state index >= 15 is 0 Å². The van der Waals surface area contributed by atoms with E-state index in [1.165, 1.54) is 5.69 Å². The van der Waals surface area contributed by atoms with Crippen LogP contribution in [0.3, 0.4) is 0 Å². The summed E-state index contributed by atoms with van der Waals surface area (Å²) in [5, 5.41) is 10.8. The molecule has 1 unspecified atom stereocenters. The summed E-state index contributed by atoms with van der Waals surface area (Å²) >= 11 is 0. The first-order valence-electron chi connectivity index (χ1n) is 8.25. The van der Waals surface area contributed by atoms with Crippen LogP contribution in [0.1, 0.15) is 24.6 Å². The van der Waals surface area contributed by atoms with Crippen molar-refractivity contribution in [2.45, 2.75) is 32.9 Å². The van der Waals surface area contributed by atoms with Gasteiger partial charge in [0.05, 0.1) is 23.6 Å². The largest absolute Gasteiger partial charge is 0.372 e. The number of aromatic nitrogens is 2. The quantitative estimate of drug-likeness (QED) is 0.922. The molecule has 0 spiro atoms. The van der Waals surface area contributed by atoms with E-state index in [-0.39, 0.29) is 12.1 Å². The van der Waals surface area contributed by atoms with E-state index in [0.29, 0.717) is 17.9 Å². The number of fused-ring (bicyclic) bond motifs is 1. The molecule has 3 rings (SSSR count). The average Bonchev–Trinajstić information content (AvgIpc) is 2.74. The molecule has 24 heavy (non-hydrogen) atoms. The van der Waals surface area contributed by atoms with Gasteiger partial charge in [-0.3, -0.25) is 0 Å². The lowest BCUT2D eigenvalue weighted by molar-refractivity contribution is 0.185. The molecule has 1 aliphatic heterocycles. The smallest absolute Gasteiger partial charge is 0.322 e. The third-order valence-electron chi connectivity index (χ3n) is 4.55. The van der Waals surface area contributed by atoms with Crippen molar-refractivity contribution in [3.63, 3.8) is 0 Å². The highest BCUT2D eigenvalue weighted by atomic mass is 16.2. The van der Waals surface area contributed by atoms with Crippen molar-refractivity contribution in [3.8, 4) is 0 Å². The molecule has 0 saturated heterocycles. The van der Waals surface area contributed by atoms with Gasteiger partial charge in [0.1, 0.15) is 0 Å². The zero-order valence-corrected chi connectivity index (χ0v) is 14.4. The van der Waals surface area contributed by atoms with Crippen molar-refractivity contribution in [1.82, 2.24) is 15.1 Å². The summed E-state index contributed by atoms with van der Waals surface area (Å²) < 4.78 is 0. The number of rotatable bonds is 2. The van der Waals surface area contributed by atoms with Crippen LogP contribution in [-0.4, -0.2) is 40.8 Å². The van der Waals surface area contributed by atoms with Crippen LogP contribution >= 0.6 is 0 Å². The van der Waals surface area contributed by atoms with Gasteiger partial charge in [-0.25, -0.2) is 4.79 Å². The summed E-state index contributed by atoms with van der Waals surface area (Å²) in [5.41, 5.74) is 3.77. The summed E-state index contributed by atoms with van der Waals surface area (Å²) in [6.45, 7) is 5.37. The first-order chi connectivity index (χ1) is 11.6. The molecule has 0 aliphatic carbocycles. The number of anilines is 2. The summed E-state index contributed by atoms with van der Waals surface area (Å²) in [6.07, 6.45) is 2.49. The number of nitrogens with one attached hydrogen (secondary N) is 1. The molecule has 0 fully saturated rings. The lowest BCUT2D eigenvalue weighted by Gasteiger charge is -2.30. The minimum atomic E-state index is -0.0944. The molecule has 1 aromatic heterocycles. The topological polar surface area (TPSA) is 61.4 Å². The number of carbonyl (C=O) groups excluding carboxylic acids is 1. The highest BCUT2D eigenvalue weighted by molar-refractivity contribution is 5.90. The molecular weight excluding hydrogens is 302 g/mol.